The molecule has 2 fully saturated rings. The third kappa shape index (κ3) is 2.41. The maximum Gasteiger partial charge on any atom is 0.101 e. The zero-order valence-corrected chi connectivity index (χ0v) is 12.3. The molecule has 2 aliphatic heterocycles. The third-order valence-electron chi connectivity index (χ3n) is 4.90. The minimum atomic E-state index is 0.422. The number of benzene rings is 1. The Bertz CT molecular complexity index is 518. The number of piperidine rings is 2. The van der Waals surface area contributed by atoms with Gasteiger partial charge in [0.1, 0.15) is 6.07 Å². The molecule has 1 N–H and O–H groups in total. The van der Waals surface area contributed by atoms with Crippen LogP contribution in [0.25, 0.3) is 0 Å². The highest BCUT2D eigenvalue weighted by atomic mass is 15.2. The summed E-state index contributed by atoms with van der Waals surface area (Å²) < 4.78 is 0. The molecule has 106 valence electrons. The van der Waals surface area contributed by atoms with Crippen molar-refractivity contribution in [2.75, 3.05) is 31.1 Å². The Hall–Kier alpha value is -1.53. The minimum absolute atomic E-state index is 0.422. The van der Waals surface area contributed by atoms with Gasteiger partial charge in [0.25, 0.3) is 0 Å². The van der Waals surface area contributed by atoms with E-state index in [1.165, 1.54) is 36.9 Å². The lowest BCUT2D eigenvalue weighted by atomic mass is 9.74. The van der Waals surface area contributed by atoms with Crippen molar-refractivity contribution < 1.29 is 0 Å². The van der Waals surface area contributed by atoms with Crippen molar-refractivity contribution in [2.45, 2.75) is 32.6 Å². The first-order chi connectivity index (χ1) is 9.74. The first-order valence-electron chi connectivity index (χ1n) is 7.70. The fraction of sp³-hybridized carbons (Fsp3) is 0.588. The van der Waals surface area contributed by atoms with Crippen molar-refractivity contribution in [2.24, 2.45) is 5.41 Å². The standard InChI is InChI=1S/C17H23N3/c1-14-5-2-6-15(11-18)16(14)20-10-4-8-17(13-20)7-3-9-19-12-17/h2,5-6,19H,3-4,7-10,12-13H2,1H3. The largest absolute Gasteiger partial charge is 0.370 e. The van der Waals surface area contributed by atoms with Crippen LogP contribution in [-0.4, -0.2) is 26.2 Å². The Kier molecular flexibility index (Phi) is 3.67. The second kappa shape index (κ2) is 5.46. The molecular weight excluding hydrogens is 246 g/mol. The number of anilines is 1. The van der Waals surface area contributed by atoms with E-state index >= 15 is 0 Å². The van der Waals surface area contributed by atoms with E-state index in [1.54, 1.807) is 0 Å². The van der Waals surface area contributed by atoms with Gasteiger partial charge in [-0.2, -0.15) is 5.26 Å². The average Bonchev–Trinajstić information content (AvgIpc) is 2.47. The summed E-state index contributed by atoms with van der Waals surface area (Å²) in [5.74, 6) is 0. The van der Waals surface area contributed by atoms with Gasteiger partial charge in [0.05, 0.1) is 11.3 Å². The van der Waals surface area contributed by atoms with Crippen LogP contribution >= 0.6 is 0 Å². The molecular formula is C17H23N3. The molecule has 1 atom stereocenters. The van der Waals surface area contributed by atoms with E-state index in [0.29, 0.717) is 5.41 Å². The van der Waals surface area contributed by atoms with Crippen molar-refractivity contribution >= 4 is 5.69 Å². The van der Waals surface area contributed by atoms with Gasteiger partial charge in [-0.1, -0.05) is 12.1 Å². The maximum absolute atomic E-state index is 9.39. The number of rotatable bonds is 1. The Labute approximate surface area is 121 Å². The lowest BCUT2D eigenvalue weighted by molar-refractivity contribution is 0.173. The van der Waals surface area contributed by atoms with Crippen LogP contribution in [0.4, 0.5) is 5.69 Å². The van der Waals surface area contributed by atoms with Crippen LogP contribution in [0.3, 0.4) is 0 Å². The van der Waals surface area contributed by atoms with Crippen LogP contribution in [-0.2, 0) is 0 Å². The van der Waals surface area contributed by atoms with E-state index in [2.05, 4.69) is 29.3 Å². The van der Waals surface area contributed by atoms with E-state index in [4.69, 9.17) is 0 Å². The maximum atomic E-state index is 9.39. The molecule has 3 rings (SSSR count). The first-order valence-corrected chi connectivity index (χ1v) is 7.70. The lowest BCUT2D eigenvalue weighted by Gasteiger charge is -2.46. The number of hydrogen-bond acceptors (Lipinski definition) is 3. The van der Waals surface area contributed by atoms with Crippen LogP contribution in [0.5, 0.6) is 0 Å². The van der Waals surface area contributed by atoms with Crippen LogP contribution in [0.2, 0.25) is 0 Å². The molecule has 3 heteroatoms. The van der Waals surface area contributed by atoms with E-state index < -0.39 is 0 Å². The molecule has 0 radical (unpaired) electrons. The summed E-state index contributed by atoms with van der Waals surface area (Å²) in [7, 11) is 0. The molecule has 1 unspecified atom stereocenters. The molecule has 2 aliphatic rings. The number of nitriles is 1. The highest BCUT2D eigenvalue weighted by molar-refractivity contribution is 5.64. The summed E-state index contributed by atoms with van der Waals surface area (Å²) in [6, 6.07) is 8.42. The molecule has 2 saturated heterocycles. The van der Waals surface area contributed by atoms with Crippen molar-refractivity contribution in [3.63, 3.8) is 0 Å². The summed E-state index contributed by atoms with van der Waals surface area (Å²) in [5, 5.41) is 13.0. The van der Waals surface area contributed by atoms with Crippen molar-refractivity contribution in [1.82, 2.24) is 5.32 Å². The van der Waals surface area contributed by atoms with Gasteiger partial charge < -0.3 is 10.2 Å². The third-order valence-corrected chi connectivity index (χ3v) is 4.90. The topological polar surface area (TPSA) is 39.1 Å². The molecule has 1 spiro atoms. The number of para-hydroxylation sites is 1. The summed E-state index contributed by atoms with van der Waals surface area (Å²) in [5.41, 5.74) is 3.64. The molecule has 2 heterocycles. The SMILES string of the molecule is Cc1cccc(C#N)c1N1CCCC2(CCCNC2)C1. The number of hydrogen-bond donors (Lipinski definition) is 1. The molecule has 1 aromatic rings. The highest BCUT2D eigenvalue weighted by Gasteiger charge is 2.37. The summed E-state index contributed by atoms with van der Waals surface area (Å²) in [4.78, 5) is 2.46. The Balaban J connectivity index is 1.89. The zero-order valence-electron chi connectivity index (χ0n) is 12.3. The van der Waals surface area contributed by atoms with Gasteiger partial charge in [0.2, 0.25) is 0 Å². The Morgan fingerprint density at radius 3 is 2.90 bits per heavy atom. The Morgan fingerprint density at radius 1 is 1.30 bits per heavy atom. The monoisotopic (exact) mass is 269 g/mol. The smallest absolute Gasteiger partial charge is 0.101 e. The second-order valence-corrected chi connectivity index (χ2v) is 6.39. The zero-order chi connectivity index (χ0) is 14.0. The Morgan fingerprint density at radius 2 is 2.15 bits per heavy atom. The van der Waals surface area contributed by atoms with Crippen molar-refractivity contribution in [3.05, 3.63) is 29.3 Å². The van der Waals surface area contributed by atoms with Crippen LogP contribution in [0.15, 0.2) is 18.2 Å². The number of nitrogens with one attached hydrogen (secondary N) is 1. The van der Waals surface area contributed by atoms with Gasteiger partial charge >= 0.3 is 0 Å². The highest BCUT2D eigenvalue weighted by Crippen LogP contribution is 2.39. The lowest BCUT2D eigenvalue weighted by Crippen LogP contribution is -2.51. The summed E-state index contributed by atoms with van der Waals surface area (Å²) in [6.07, 6.45) is 5.17. The molecule has 0 aromatic heterocycles. The normalized spacial score (nSPS) is 26.5. The van der Waals surface area contributed by atoms with Gasteiger partial charge in [0.15, 0.2) is 0 Å². The van der Waals surface area contributed by atoms with Gasteiger partial charge in [-0.05, 0) is 50.8 Å². The molecule has 0 saturated carbocycles. The number of aryl methyl sites for hydroxylation is 1. The van der Waals surface area contributed by atoms with E-state index in [0.717, 1.165) is 31.7 Å². The minimum Gasteiger partial charge on any atom is -0.370 e. The second-order valence-electron chi connectivity index (χ2n) is 6.39. The van der Waals surface area contributed by atoms with Gasteiger partial charge in [-0.3, -0.25) is 0 Å². The van der Waals surface area contributed by atoms with Gasteiger partial charge in [-0.15, -0.1) is 0 Å². The average molecular weight is 269 g/mol. The molecule has 20 heavy (non-hydrogen) atoms. The fourth-order valence-electron chi connectivity index (χ4n) is 3.95. The molecule has 0 bridgehead atoms. The quantitative estimate of drug-likeness (QED) is 0.852. The predicted octanol–water partition coefficient (Wildman–Crippen LogP) is 2.84. The summed E-state index contributed by atoms with van der Waals surface area (Å²) in [6.45, 7) is 6.60. The van der Waals surface area contributed by atoms with Gasteiger partial charge in [-0.25, -0.2) is 0 Å². The van der Waals surface area contributed by atoms with Crippen LogP contribution < -0.4 is 10.2 Å². The fourth-order valence-corrected chi connectivity index (χ4v) is 3.95. The van der Waals surface area contributed by atoms with Crippen molar-refractivity contribution in [3.8, 4) is 6.07 Å². The molecule has 1 aromatic carbocycles. The van der Waals surface area contributed by atoms with Crippen molar-refractivity contribution in [1.29, 1.82) is 5.26 Å². The number of nitrogens with zero attached hydrogens (tertiary/aromatic N) is 2. The predicted molar refractivity (Wildman–Crippen MR) is 81.9 cm³/mol. The van der Waals surface area contributed by atoms with E-state index in [1.807, 2.05) is 12.1 Å². The van der Waals surface area contributed by atoms with Crippen LogP contribution in [0.1, 0.15) is 36.8 Å². The molecule has 0 aliphatic carbocycles. The molecule has 0 amide bonds. The van der Waals surface area contributed by atoms with E-state index in [-0.39, 0.29) is 0 Å². The summed E-state index contributed by atoms with van der Waals surface area (Å²) >= 11 is 0. The van der Waals surface area contributed by atoms with E-state index in [9.17, 15) is 5.26 Å². The first kappa shape index (κ1) is 13.5. The van der Waals surface area contributed by atoms with Gasteiger partial charge in [0, 0.05) is 25.0 Å². The van der Waals surface area contributed by atoms with Crippen LogP contribution in [0, 0.1) is 23.7 Å². The molecule has 3 nitrogen and oxygen atoms in total.